The summed E-state index contributed by atoms with van der Waals surface area (Å²) in [7, 11) is 0. The third-order valence-corrected chi connectivity index (χ3v) is 2.67. The van der Waals surface area contributed by atoms with Gasteiger partial charge in [0, 0.05) is 19.0 Å². The molecule has 0 spiro atoms. The fourth-order valence-corrected chi connectivity index (χ4v) is 1.51. The molecule has 0 aliphatic rings. The van der Waals surface area contributed by atoms with Gasteiger partial charge in [-0.15, -0.1) is 11.6 Å². The molecule has 7 heteroatoms. The summed E-state index contributed by atoms with van der Waals surface area (Å²) in [4.78, 5) is 17.7. The summed E-state index contributed by atoms with van der Waals surface area (Å²) in [6, 6.07) is 0. The molecule has 0 aliphatic heterocycles. The molecule has 0 saturated heterocycles. The van der Waals surface area contributed by atoms with E-state index in [-0.39, 0.29) is 5.56 Å². The first kappa shape index (κ1) is 13.5. The molecule has 90 valence electrons. The first-order valence-electron chi connectivity index (χ1n) is 4.86. The van der Waals surface area contributed by atoms with Gasteiger partial charge in [0.2, 0.25) is 0 Å². The van der Waals surface area contributed by atoms with E-state index in [0.717, 1.165) is 6.42 Å². The number of nitrogens with one attached hydrogen (secondary N) is 2. The molecule has 1 aromatic rings. The second-order valence-electron chi connectivity index (χ2n) is 2.98. The van der Waals surface area contributed by atoms with Crippen molar-refractivity contribution in [1.82, 2.24) is 9.97 Å². The number of halogens is 2. The van der Waals surface area contributed by atoms with Crippen molar-refractivity contribution in [3.8, 4) is 0 Å². The summed E-state index contributed by atoms with van der Waals surface area (Å²) < 4.78 is 5.62. The summed E-state index contributed by atoms with van der Waals surface area (Å²) >= 11 is 8.61. The van der Waals surface area contributed by atoms with E-state index in [9.17, 15) is 4.79 Å². The summed E-state index contributed by atoms with van der Waals surface area (Å²) in [5.41, 5.74) is -0.198. The number of hydrogen-bond acceptors (Lipinski definition) is 4. The maximum atomic E-state index is 11.2. The van der Waals surface area contributed by atoms with Crippen LogP contribution in [0.4, 0.5) is 5.82 Å². The van der Waals surface area contributed by atoms with E-state index < -0.39 is 0 Å². The van der Waals surface area contributed by atoms with Crippen molar-refractivity contribution < 1.29 is 4.74 Å². The summed E-state index contributed by atoms with van der Waals surface area (Å²) in [6.45, 7) is 1.90. The zero-order chi connectivity index (χ0) is 11.8. The lowest BCUT2D eigenvalue weighted by Crippen LogP contribution is -2.13. The van der Waals surface area contributed by atoms with Crippen LogP contribution in [-0.2, 0) is 4.74 Å². The van der Waals surface area contributed by atoms with E-state index in [4.69, 9.17) is 16.3 Å². The molecule has 5 nitrogen and oxygen atoms in total. The molecule has 0 fully saturated rings. The summed E-state index contributed by atoms with van der Waals surface area (Å²) in [5, 5.41) is 3.04. The highest BCUT2D eigenvalue weighted by Gasteiger charge is 2.03. The van der Waals surface area contributed by atoms with E-state index in [1.807, 2.05) is 0 Å². The SMILES string of the molecule is O=c1[nH]cnc(NCCCOCCCl)c1Br. The maximum absolute atomic E-state index is 11.2. The lowest BCUT2D eigenvalue weighted by Gasteiger charge is -2.06. The lowest BCUT2D eigenvalue weighted by molar-refractivity contribution is 0.149. The van der Waals surface area contributed by atoms with Gasteiger partial charge in [-0.2, -0.15) is 0 Å². The van der Waals surface area contributed by atoms with Gasteiger partial charge in [-0.25, -0.2) is 4.98 Å². The largest absolute Gasteiger partial charge is 0.380 e. The minimum absolute atomic E-state index is 0.198. The van der Waals surface area contributed by atoms with Crippen LogP contribution in [0.25, 0.3) is 0 Å². The Morgan fingerprint density at radius 2 is 2.38 bits per heavy atom. The molecule has 16 heavy (non-hydrogen) atoms. The Kier molecular flexibility index (Phi) is 6.44. The highest BCUT2D eigenvalue weighted by Crippen LogP contribution is 2.12. The van der Waals surface area contributed by atoms with Gasteiger partial charge in [0.15, 0.2) is 0 Å². The van der Waals surface area contributed by atoms with E-state index in [1.54, 1.807) is 0 Å². The molecule has 0 aliphatic carbocycles. The van der Waals surface area contributed by atoms with E-state index in [0.29, 0.717) is 35.9 Å². The molecule has 0 radical (unpaired) electrons. The predicted molar refractivity (Wildman–Crippen MR) is 67.2 cm³/mol. The molecule has 0 saturated carbocycles. The van der Waals surface area contributed by atoms with E-state index >= 15 is 0 Å². The molecule has 1 rings (SSSR count). The first-order chi connectivity index (χ1) is 7.75. The molecule has 1 aromatic heterocycles. The molecule has 0 aromatic carbocycles. The van der Waals surface area contributed by atoms with Crippen LogP contribution in [0.2, 0.25) is 0 Å². The Labute approximate surface area is 107 Å². The van der Waals surface area contributed by atoms with Crippen LogP contribution in [-0.4, -0.2) is 35.6 Å². The molecule has 2 N–H and O–H groups in total. The quantitative estimate of drug-likeness (QED) is 0.593. The van der Waals surface area contributed by atoms with Crippen LogP contribution < -0.4 is 10.9 Å². The molecule has 0 atom stereocenters. The standard InChI is InChI=1S/C9H13BrClN3O2/c10-7-8(13-6-14-9(7)15)12-3-1-4-16-5-2-11/h6H,1-5H2,(H2,12,13,14,15). The Balaban J connectivity index is 2.27. The van der Waals surface area contributed by atoms with Gasteiger partial charge in [0.1, 0.15) is 10.3 Å². The average Bonchev–Trinajstić information content (AvgIpc) is 2.29. The van der Waals surface area contributed by atoms with Crippen molar-refractivity contribution in [2.24, 2.45) is 0 Å². The Morgan fingerprint density at radius 3 is 3.12 bits per heavy atom. The number of hydrogen-bond donors (Lipinski definition) is 2. The number of aromatic amines is 1. The predicted octanol–water partition coefficient (Wildman–Crippen LogP) is 1.59. The third kappa shape index (κ3) is 4.51. The van der Waals surface area contributed by atoms with Crippen LogP contribution in [0.5, 0.6) is 0 Å². The summed E-state index contributed by atoms with van der Waals surface area (Å²) in [5.74, 6) is 1.05. The highest BCUT2D eigenvalue weighted by molar-refractivity contribution is 9.10. The molecule has 1 heterocycles. The summed E-state index contributed by atoms with van der Waals surface area (Å²) in [6.07, 6.45) is 2.19. The van der Waals surface area contributed by atoms with Crippen LogP contribution in [0, 0.1) is 0 Å². The smallest absolute Gasteiger partial charge is 0.267 e. The molecule has 0 unspecified atom stereocenters. The number of rotatable bonds is 7. The number of nitrogens with zero attached hydrogens (tertiary/aromatic N) is 1. The van der Waals surface area contributed by atoms with Gasteiger partial charge in [-0.1, -0.05) is 0 Å². The zero-order valence-corrected chi connectivity index (χ0v) is 11.0. The second-order valence-corrected chi connectivity index (χ2v) is 4.15. The Bertz CT molecular complexity index is 372. The number of ether oxygens (including phenoxy) is 1. The molecule has 0 bridgehead atoms. The zero-order valence-electron chi connectivity index (χ0n) is 8.63. The van der Waals surface area contributed by atoms with Crippen molar-refractivity contribution in [2.75, 3.05) is 31.0 Å². The lowest BCUT2D eigenvalue weighted by atomic mass is 10.4. The number of H-pyrrole nitrogens is 1. The van der Waals surface area contributed by atoms with Crippen LogP contribution in [0.15, 0.2) is 15.6 Å². The van der Waals surface area contributed by atoms with Crippen LogP contribution >= 0.6 is 27.5 Å². The van der Waals surface area contributed by atoms with Gasteiger partial charge in [-0.05, 0) is 22.4 Å². The van der Waals surface area contributed by atoms with Crippen LogP contribution in [0.3, 0.4) is 0 Å². The Hall–Kier alpha value is -0.590. The van der Waals surface area contributed by atoms with Gasteiger partial charge in [0.25, 0.3) is 5.56 Å². The fraction of sp³-hybridized carbons (Fsp3) is 0.556. The highest BCUT2D eigenvalue weighted by atomic mass is 79.9. The van der Waals surface area contributed by atoms with Crippen LogP contribution in [0.1, 0.15) is 6.42 Å². The van der Waals surface area contributed by atoms with Gasteiger partial charge in [-0.3, -0.25) is 4.79 Å². The van der Waals surface area contributed by atoms with Crippen molar-refractivity contribution in [3.05, 3.63) is 21.2 Å². The van der Waals surface area contributed by atoms with Crippen molar-refractivity contribution in [1.29, 1.82) is 0 Å². The monoisotopic (exact) mass is 309 g/mol. The molecular weight excluding hydrogens is 297 g/mol. The third-order valence-electron chi connectivity index (χ3n) is 1.78. The topological polar surface area (TPSA) is 67.0 Å². The number of aromatic nitrogens is 2. The maximum Gasteiger partial charge on any atom is 0.267 e. The van der Waals surface area contributed by atoms with Gasteiger partial charge >= 0.3 is 0 Å². The fourth-order valence-electron chi connectivity index (χ4n) is 1.04. The van der Waals surface area contributed by atoms with E-state index in [2.05, 4.69) is 31.2 Å². The van der Waals surface area contributed by atoms with Gasteiger partial charge in [0.05, 0.1) is 12.9 Å². The number of alkyl halides is 1. The normalized spacial score (nSPS) is 10.4. The minimum atomic E-state index is -0.198. The molecule has 0 amide bonds. The first-order valence-corrected chi connectivity index (χ1v) is 6.19. The number of anilines is 1. The van der Waals surface area contributed by atoms with Crippen molar-refractivity contribution in [3.63, 3.8) is 0 Å². The minimum Gasteiger partial charge on any atom is -0.380 e. The Morgan fingerprint density at radius 1 is 1.56 bits per heavy atom. The van der Waals surface area contributed by atoms with E-state index in [1.165, 1.54) is 6.33 Å². The van der Waals surface area contributed by atoms with Crippen molar-refractivity contribution >= 4 is 33.3 Å². The molecular formula is C9H13BrClN3O2. The van der Waals surface area contributed by atoms with Crippen molar-refractivity contribution in [2.45, 2.75) is 6.42 Å². The van der Waals surface area contributed by atoms with Gasteiger partial charge < -0.3 is 15.0 Å². The second kappa shape index (κ2) is 7.65. The average molecular weight is 311 g/mol.